The number of aryl methyl sites for hydroxylation is 1. The average molecular weight is 410 g/mol. The molecule has 1 fully saturated rings. The van der Waals surface area contributed by atoms with Crippen molar-refractivity contribution in [1.29, 1.82) is 0 Å². The lowest BCUT2D eigenvalue weighted by molar-refractivity contribution is -0.130. The van der Waals surface area contributed by atoms with Gasteiger partial charge in [-0.3, -0.25) is 14.9 Å². The fourth-order valence-electron chi connectivity index (χ4n) is 3.21. The summed E-state index contributed by atoms with van der Waals surface area (Å²) in [7, 11) is 0. The zero-order valence-electron chi connectivity index (χ0n) is 15.2. The molecular formula is C18H21Cl2N5O2. The summed E-state index contributed by atoms with van der Waals surface area (Å²) in [6.07, 6.45) is 0.177. The van der Waals surface area contributed by atoms with Crippen LogP contribution in [0.3, 0.4) is 0 Å². The van der Waals surface area contributed by atoms with Gasteiger partial charge in [0.2, 0.25) is 5.91 Å². The fraction of sp³-hybridized carbons (Fsp3) is 0.389. The van der Waals surface area contributed by atoms with E-state index in [1.54, 1.807) is 29.8 Å². The van der Waals surface area contributed by atoms with E-state index in [2.05, 4.69) is 21.0 Å². The molecule has 7 nitrogen and oxygen atoms in total. The number of aromatic nitrogens is 2. The van der Waals surface area contributed by atoms with E-state index in [-0.39, 0.29) is 23.4 Å². The molecule has 0 aliphatic carbocycles. The van der Waals surface area contributed by atoms with E-state index in [0.717, 1.165) is 6.42 Å². The van der Waals surface area contributed by atoms with Gasteiger partial charge in [-0.05, 0) is 38.5 Å². The topological polar surface area (TPSA) is 88.1 Å². The lowest BCUT2D eigenvalue weighted by Gasteiger charge is -2.35. The number of anilines is 1. The van der Waals surface area contributed by atoms with E-state index in [9.17, 15) is 9.59 Å². The highest BCUT2D eigenvalue weighted by atomic mass is 35.5. The molecule has 1 aromatic carbocycles. The lowest BCUT2D eigenvalue weighted by Crippen LogP contribution is -2.57. The minimum atomic E-state index is -0.561. The molecule has 3 unspecified atom stereocenters. The molecule has 2 amide bonds. The smallest absolute Gasteiger partial charge is 0.258 e. The Bertz CT molecular complexity index is 883. The van der Waals surface area contributed by atoms with Gasteiger partial charge in [-0.25, -0.2) is 4.68 Å². The van der Waals surface area contributed by atoms with Crippen LogP contribution in [0.4, 0.5) is 5.82 Å². The van der Waals surface area contributed by atoms with Gasteiger partial charge in [0.15, 0.2) is 6.29 Å². The van der Waals surface area contributed by atoms with Gasteiger partial charge in [-0.1, -0.05) is 30.1 Å². The zero-order chi connectivity index (χ0) is 19.7. The second-order valence-corrected chi connectivity index (χ2v) is 7.42. The highest BCUT2D eigenvalue weighted by molar-refractivity contribution is 6.36. The minimum Gasteiger partial charge on any atom is -0.322 e. The van der Waals surface area contributed by atoms with Gasteiger partial charge in [0.1, 0.15) is 5.82 Å². The van der Waals surface area contributed by atoms with E-state index >= 15 is 0 Å². The second-order valence-electron chi connectivity index (χ2n) is 6.58. The molecule has 0 radical (unpaired) electrons. The molecule has 2 aromatic rings. The molecule has 1 saturated heterocycles. The molecule has 1 aliphatic heterocycles. The number of nitrogens with zero attached hydrogens (tertiary/aromatic N) is 2. The van der Waals surface area contributed by atoms with Gasteiger partial charge in [0.25, 0.3) is 5.91 Å². The molecule has 0 saturated carbocycles. The van der Waals surface area contributed by atoms with Crippen molar-refractivity contribution in [3.05, 3.63) is 45.6 Å². The minimum absolute atomic E-state index is 0.0239. The molecule has 3 N–H and O–H groups in total. The molecule has 144 valence electrons. The number of hydrogen-bond donors (Lipinski definition) is 3. The maximum absolute atomic E-state index is 12.7. The van der Waals surface area contributed by atoms with Gasteiger partial charge in [-0.15, -0.1) is 0 Å². The Kier molecular flexibility index (Phi) is 5.74. The van der Waals surface area contributed by atoms with Crippen molar-refractivity contribution in [2.24, 2.45) is 5.92 Å². The van der Waals surface area contributed by atoms with Crippen LogP contribution < -0.4 is 16.0 Å². The van der Waals surface area contributed by atoms with Crippen molar-refractivity contribution in [3.63, 3.8) is 0 Å². The third kappa shape index (κ3) is 4.10. The maximum Gasteiger partial charge on any atom is 0.258 e. The van der Waals surface area contributed by atoms with E-state index in [1.807, 2.05) is 13.8 Å². The molecule has 9 heteroatoms. The summed E-state index contributed by atoms with van der Waals surface area (Å²) in [5.74, 6) is -0.128. The Morgan fingerprint density at radius 2 is 2.07 bits per heavy atom. The van der Waals surface area contributed by atoms with Crippen LogP contribution in [0.5, 0.6) is 0 Å². The Morgan fingerprint density at radius 3 is 2.74 bits per heavy atom. The quantitative estimate of drug-likeness (QED) is 0.722. The first-order valence-corrected chi connectivity index (χ1v) is 9.44. The molecule has 0 bridgehead atoms. The van der Waals surface area contributed by atoms with Crippen LogP contribution in [0.2, 0.25) is 10.0 Å². The van der Waals surface area contributed by atoms with Crippen molar-refractivity contribution < 1.29 is 9.59 Å². The maximum atomic E-state index is 12.7. The van der Waals surface area contributed by atoms with E-state index in [0.29, 0.717) is 21.6 Å². The van der Waals surface area contributed by atoms with E-state index in [4.69, 9.17) is 23.2 Å². The van der Waals surface area contributed by atoms with Crippen molar-refractivity contribution >= 4 is 40.8 Å². The first kappa shape index (κ1) is 19.7. The van der Waals surface area contributed by atoms with Gasteiger partial charge in [0.05, 0.1) is 22.2 Å². The Morgan fingerprint density at radius 1 is 1.33 bits per heavy atom. The molecular weight excluding hydrogens is 389 g/mol. The van der Waals surface area contributed by atoms with Crippen molar-refractivity contribution in [1.82, 2.24) is 20.4 Å². The van der Waals surface area contributed by atoms with Crippen molar-refractivity contribution in [3.8, 4) is 0 Å². The number of nitrogens with one attached hydrogen (secondary N) is 3. The highest BCUT2D eigenvalue weighted by Gasteiger charge is 2.34. The fourth-order valence-corrected chi connectivity index (χ4v) is 3.58. The van der Waals surface area contributed by atoms with Crippen LogP contribution in [0.15, 0.2) is 24.3 Å². The van der Waals surface area contributed by atoms with Crippen LogP contribution in [0, 0.1) is 12.8 Å². The number of carbonyl (C=O) groups excluding carboxylic acids is 2. The van der Waals surface area contributed by atoms with Gasteiger partial charge in [0, 0.05) is 17.1 Å². The normalized spacial score (nSPS) is 22.4. The average Bonchev–Trinajstić information content (AvgIpc) is 2.97. The summed E-state index contributed by atoms with van der Waals surface area (Å²) in [5, 5.41) is 14.1. The molecule has 1 aromatic heterocycles. The molecule has 0 spiro atoms. The first-order valence-electron chi connectivity index (χ1n) is 8.69. The number of benzene rings is 1. The summed E-state index contributed by atoms with van der Waals surface area (Å²) < 4.78 is 1.55. The van der Waals surface area contributed by atoms with Crippen LogP contribution in [0.25, 0.3) is 0 Å². The standard InChI is InChI=1S/C18H21Cl2N5O2/c1-4-12-10(3)21-18(23-16(12)26)25-15(7-9(2)24-25)22-17(27)13-8-11(19)5-6-14(13)20/h5-8,10,12,18,21H,4H2,1-3H3,(H,22,27)(H,23,26). The molecule has 3 rings (SSSR count). The summed E-state index contributed by atoms with van der Waals surface area (Å²) in [6.45, 7) is 5.74. The van der Waals surface area contributed by atoms with E-state index < -0.39 is 12.2 Å². The van der Waals surface area contributed by atoms with Crippen LogP contribution in [0.1, 0.15) is 42.6 Å². The summed E-state index contributed by atoms with van der Waals surface area (Å²) >= 11 is 12.1. The van der Waals surface area contributed by atoms with Crippen molar-refractivity contribution in [2.45, 2.75) is 39.5 Å². The lowest BCUT2D eigenvalue weighted by atomic mass is 9.95. The van der Waals surface area contributed by atoms with Crippen LogP contribution in [-0.4, -0.2) is 27.6 Å². The van der Waals surface area contributed by atoms with Gasteiger partial charge >= 0.3 is 0 Å². The third-order valence-corrected chi connectivity index (χ3v) is 5.16. The number of amides is 2. The predicted octanol–water partition coefficient (Wildman–Crippen LogP) is 3.34. The third-order valence-electron chi connectivity index (χ3n) is 4.60. The second kappa shape index (κ2) is 7.88. The number of hydrogen-bond acceptors (Lipinski definition) is 4. The Balaban J connectivity index is 1.85. The molecule has 2 heterocycles. The largest absolute Gasteiger partial charge is 0.322 e. The van der Waals surface area contributed by atoms with Crippen LogP contribution in [-0.2, 0) is 4.79 Å². The number of halogens is 2. The SMILES string of the molecule is CCC1C(=O)NC(n2nc(C)cc2NC(=O)c2cc(Cl)ccc2Cl)NC1C. The summed E-state index contributed by atoms with van der Waals surface area (Å²) in [6, 6.07) is 6.38. The van der Waals surface area contributed by atoms with Crippen LogP contribution >= 0.6 is 23.2 Å². The Hall–Kier alpha value is -2.09. The molecule has 1 aliphatic rings. The first-order chi connectivity index (χ1) is 12.8. The molecule has 3 atom stereocenters. The summed E-state index contributed by atoms with van der Waals surface area (Å²) in [4.78, 5) is 25.0. The van der Waals surface area contributed by atoms with Gasteiger partial charge < -0.3 is 10.6 Å². The number of rotatable bonds is 4. The molecule has 27 heavy (non-hydrogen) atoms. The van der Waals surface area contributed by atoms with Gasteiger partial charge in [-0.2, -0.15) is 5.10 Å². The Labute approximate surface area is 167 Å². The highest BCUT2D eigenvalue weighted by Crippen LogP contribution is 2.24. The zero-order valence-corrected chi connectivity index (χ0v) is 16.7. The van der Waals surface area contributed by atoms with E-state index in [1.165, 1.54) is 6.07 Å². The monoisotopic (exact) mass is 409 g/mol. The van der Waals surface area contributed by atoms with Crippen molar-refractivity contribution in [2.75, 3.05) is 5.32 Å². The number of carbonyl (C=O) groups is 2. The predicted molar refractivity (Wildman–Crippen MR) is 105 cm³/mol. The summed E-state index contributed by atoms with van der Waals surface area (Å²) in [5.41, 5.74) is 0.957.